The maximum Gasteiger partial charge on any atom is 0.119 e. The van der Waals surface area contributed by atoms with Crippen molar-refractivity contribution >= 4 is 0 Å². The topological polar surface area (TPSA) is 24.5 Å². The molecule has 0 aromatic rings. The first-order chi connectivity index (χ1) is 3.29. The van der Waals surface area contributed by atoms with Gasteiger partial charge in [0.2, 0.25) is 0 Å². The van der Waals surface area contributed by atoms with Gasteiger partial charge >= 0.3 is 0 Å². The summed E-state index contributed by atoms with van der Waals surface area (Å²) in [5, 5.41) is 1.91. The van der Waals surface area contributed by atoms with Crippen molar-refractivity contribution in [1.29, 1.82) is 0 Å². The summed E-state index contributed by atoms with van der Waals surface area (Å²) in [4.78, 5) is 0. The number of hydrogen-bond donors (Lipinski definition) is 1. The molecular formula is C4H10N2O. The molecule has 1 fully saturated rings. The van der Waals surface area contributed by atoms with Gasteiger partial charge in [0.25, 0.3) is 0 Å². The zero-order valence-electron chi connectivity index (χ0n) is 4.64. The zero-order valence-corrected chi connectivity index (χ0v) is 4.64. The van der Waals surface area contributed by atoms with Gasteiger partial charge in [-0.25, -0.2) is 10.4 Å². The van der Waals surface area contributed by atoms with Crippen molar-refractivity contribution in [2.24, 2.45) is 0 Å². The molecule has 1 N–H and O–H groups in total. The molecule has 0 spiro atoms. The lowest BCUT2D eigenvalue weighted by molar-refractivity contribution is 0.104. The van der Waals surface area contributed by atoms with E-state index in [9.17, 15) is 0 Å². The average molecular weight is 102 g/mol. The van der Waals surface area contributed by atoms with E-state index in [1.165, 1.54) is 0 Å². The molecular weight excluding hydrogens is 92.1 g/mol. The highest BCUT2D eigenvalue weighted by atomic mass is 16.5. The van der Waals surface area contributed by atoms with Gasteiger partial charge in [0.15, 0.2) is 0 Å². The normalized spacial score (nSPS) is 34.3. The molecule has 0 aliphatic carbocycles. The summed E-state index contributed by atoms with van der Waals surface area (Å²) in [7, 11) is 1.95. The van der Waals surface area contributed by atoms with Crippen molar-refractivity contribution in [3.8, 4) is 0 Å². The van der Waals surface area contributed by atoms with Crippen LogP contribution < -0.4 is 5.43 Å². The number of rotatable bonds is 0. The maximum atomic E-state index is 5.08. The highest BCUT2D eigenvalue weighted by Gasteiger charge is 2.11. The van der Waals surface area contributed by atoms with Crippen molar-refractivity contribution in [1.82, 2.24) is 10.4 Å². The van der Waals surface area contributed by atoms with Crippen LogP contribution in [0.5, 0.6) is 0 Å². The van der Waals surface area contributed by atoms with Crippen LogP contribution in [0.25, 0.3) is 0 Å². The summed E-state index contributed by atoms with van der Waals surface area (Å²) >= 11 is 0. The molecule has 1 saturated heterocycles. The van der Waals surface area contributed by atoms with E-state index in [4.69, 9.17) is 4.74 Å². The van der Waals surface area contributed by atoms with Crippen LogP contribution in [0.1, 0.15) is 6.92 Å². The van der Waals surface area contributed by atoms with Crippen molar-refractivity contribution in [2.75, 3.05) is 13.8 Å². The van der Waals surface area contributed by atoms with Crippen molar-refractivity contribution < 1.29 is 4.74 Å². The number of nitrogens with zero attached hydrogens (tertiary/aromatic N) is 1. The molecule has 0 amide bonds. The van der Waals surface area contributed by atoms with Crippen LogP contribution in [0.3, 0.4) is 0 Å². The molecule has 7 heavy (non-hydrogen) atoms. The fourth-order valence-corrected chi connectivity index (χ4v) is 0.609. The highest BCUT2D eigenvalue weighted by molar-refractivity contribution is 4.48. The van der Waals surface area contributed by atoms with E-state index in [0.717, 1.165) is 0 Å². The Labute approximate surface area is 43.2 Å². The number of hydrazine groups is 1. The van der Waals surface area contributed by atoms with Crippen LogP contribution in [-0.2, 0) is 4.74 Å². The van der Waals surface area contributed by atoms with Gasteiger partial charge in [-0.3, -0.25) is 0 Å². The number of ether oxygens (including phenoxy) is 1. The summed E-state index contributed by atoms with van der Waals surface area (Å²) in [6.45, 7) is 2.67. The van der Waals surface area contributed by atoms with Gasteiger partial charge in [-0.05, 0) is 6.92 Å². The Bertz CT molecular complexity index is 58.7. The fourth-order valence-electron chi connectivity index (χ4n) is 0.609. The Morgan fingerprint density at radius 2 is 2.57 bits per heavy atom. The molecule has 0 saturated carbocycles. The lowest BCUT2D eigenvalue weighted by Gasteiger charge is -2.02. The van der Waals surface area contributed by atoms with Gasteiger partial charge in [-0.15, -0.1) is 0 Å². The Hall–Kier alpha value is -0.120. The summed E-state index contributed by atoms with van der Waals surface area (Å²) in [5.41, 5.74) is 3.03. The first-order valence-electron chi connectivity index (χ1n) is 2.38. The Morgan fingerprint density at radius 1 is 1.86 bits per heavy atom. The van der Waals surface area contributed by atoms with Crippen molar-refractivity contribution in [3.63, 3.8) is 0 Å². The smallest absolute Gasteiger partial charge is 0.119 e. The van der Waals surface area contributed by atoms with Crippen LogP contribution in [0, 0.1) is 0 Å². The minimum absolute atomic E-state index is 0.199. The van der Waals surface area contributed by atoms with Gasteiger partial charge in [-0.1, -0.05) is 0 Å². The monoisotopic (exact) mass is 102 g/mol. The van der Waals surface area contributed by atoms with E-state index < -0.39 is 0 Å². The molecule has 1 heterocycles. The lowest BCUT2D eigenvalue weighted by Crippen LogP contribution is -2.30. The summed E-state index contributed by atoms with van der Waals surface area (Å²) in [6.07, 6.45) is 0.199. The zero-order chi connectivity index (χ0) is 5.28. The van der Waals surface area contributed by atoms with Gasteiger partial charge < -0.3 is 4.74 Å². The molecule has 42 valence electrons. The molecule has 3 nitrogen and oxygen atoms in total. The van der Waals surface area contributed by atoms with Gasteiger partial charge in [-0.2, -0.15) is 0 Å². The molecule has 1 unspecified atom stereocenters. The van der Waals surface area contributed by atoms with Crippen LogP contribution in [0.15, 0.2) is 0 Å². The minimum Gasteiger partial charge on any atom is -0.346 e. The third-order valence-electron chi connectivity index (χ3n) is 0.920. The molecule has 0 aromatic heterocycles. The standard InChI is InChI=1S/C4H10N2O/c1-4-5-6(2)3-7-4/h4-5H,3H2,1-2H3. The van der Waals surface area contributed by atoms with Gasteiger partial charge in [0.1, 0.15) is 13.0 Å². The van der Waals surface area contributed by atoms with Crippen LogP contribution in [0.4, 0.5) is 0 Å². The molecule has 1 atom stereocenters. The second-order valence-corrected chi connectivity index (χ2v) is 1.77. The van der Waals surface area contributed by atoms with Crippen LogP contribution >= 0.6 is 0 Å². The van der Waals surface area contributed by atoms with Gasteiger partial charge in [0.05, 0.1) is 0 Å². The Kier molecular flexibility index (Phi) is 1.27. The predicted octanol–water partition coefficient (Wildman–Crippen LogP) is -0.244. The molecule has 1 aliphatic heterocycles. The van der Waals surface area contributed by atoms with E-state index in [0.29, 0.717) is 6.73 Å². The van der Waals surface area contributed by atoms with E-state index in [1.54, 1.807) is 0 Å². The van der Waals surface area contributed by atoms with Gasteiger partial charge in [0, 0.05) is 7.05 Å². The molecule has 0 bridgehead atoms. The van der Waals surface area contributed by atoms with E-state index in [1.807, 2.05) is 19.0 Å². The molecule has 1 rings (SSSR count). The predicted molar refractivity (Wildman–Crippen MR) is 26.3 cm³/mol. The average Bonchev–Trinajstić information content (AvgIpc) is 1.87. The maximum absolute atomic E-state index is 5.08. The number of nitrogens with one attached hydrogen (secondary N) is 1. The fraction of sp³-hybridized carbons (Fsp3) is 1.00. The first kappa shape index (κ1) is 5.03. The lowest BCUT2D eigenvalue weighted by atomic mass is 10.7. The first-order valence-corrected chi connectivity index (χ1v) is 2.38. The second kappa shape index (κ2) is 1.78. The van der Waals surface area contributed by atoms with E-state index in [2.05, 4.69) is 5.43 Å². The van der Waals surface area contributed by atoms with Crippen LogP contribution in [0.2, 0.25) is 0 Å². The summed E-state index contributed by atoms with van der Waals surface area (Å²) in [5.74, 6) is 0. The van der Waals surface area contributed by atoms with E-state index >= 15 is 0 Å². The molecule has 0 aromatic carbocycles. The molecule has 3 heteroatoms. The second-order valence-electron chi connectivity index (χ2n) is 1.77. The van der Waals surface area contributed by atoms with E-state index in [-0.39, 0.29) is 6.23 Å². The molecule has 1 aliphatic rings. The Balaban J connectivity index is 2.26. The van der Waals surface area contributed by atoms with Crippen molar-refractivity contribution in [2.45, 2.75) is 13.2 Å². The number of hydrogen-bond acceptors (Lipinski definition) is 3. The quantitative estimate of drug-likeness (QED) is 0.456. The Morgan fingerprint density at radius 3 is 2.71 bits per heavy atom. The largest absolute Gasteiger partial charge is 0.346 e. The van der Waals surface area contributed by atoms with Crippen molar-refractivity contribution in [3.05, 3.63) is 0 Å². The highest BCUT2D eigenvalue weighted by Crippen LogP contribution is 1.95. The van der Waals surface area contributed by atoms with Crippen LogP contribution in [-0.4, -0.2) is 25.0 Å². The third-order valence-corrected chi connectivity index (χ3v) is 0.920. The summed E-state index contributed by atoms with van der Waals surface area (Å²) in [6, 6.07) is 0. The molecule has 0 radical (unpaired) electrons. The summed E-state index contributed by atoms with van der Waals surface area (Å²) < 4.78 is 5.08. The minimum atomic E-state index is 0.199. The third kappa shape index (κ3) is 1.12. The SMILES string of the molecule is CC1NN(C)CO1.